The second kappa shape index (κ2) is 5.99. The van der Waals surface area contributed by atoms with Crippen LogP contribution in [0.4, 0.5) is 5.69 Å². The lowest BCUT2D eigenvalue weighted by Crippen LogP contribution is -2.31. The number of hydrogen-bond donors (Lipinski definition) is 0. The maximum absolute atomic E-state index is 12.7. The van der Waals surface area contributed by atoms with Gasteiger partial charge in [-0.05, 0) is 35.7 Å². The number of fused-ring (bicyclic) bond motifs is 3. The number of ether oxygens (including phenoxy) is 3. The molecule has 0 bridgehead atoms. The highest BCUT2D eigenvalue weighted by Crippen LogP contribution is 2.48. The van der Waals surface area contributed by atoms with E-state index in [0.717, 1.165) is 17.7 Å². The van der Waals surface area contributed by atoms with Gasteiger partial charge in [0.15, 0.2) is 11.5 Å². The third-order valence-corrected chi connectivity index (χ3v) is 5.25. The molecule has 0 aliphatic carbocycles. The first-order valence-electron chi connectivity index (χ1n) is 8.37. The first-order chi connectivity index (χ1) is 12.2. The van der Waals surface area contributed by atoms with Crippen LogP contribution in [0.1, 0.15) is 23.5 Å². The SMILES string of the molecule is COc1cc([C@@H]2CC(=O)N3c4ccccc4C[C@H]23)cc(OC)c1OC. The van der Waals surface area contributed by atoms with Crippen molar-refractivity contribution in [2.75, 3.05) is 26.2 Å². The highest BCUT2D eigenvalue weighted by atomic mass is 16.5. The van der Waals surface area contributed by atoms with E-state index < -0.39 is 0 Å². The molecule has 5 heteroatoms. The predicted molar refractivity (Wildman–Crippen MR) is 94.9 cm³/mol. The number of nitrogens with zero attached hydrogens (tertiary/aromatic N) is 1. The lowest BCUT2D eigenvalue weighted by atomic mass is 9.89. The van der Waals surface area contributed by atoms with E-state index >= 15 is 0 Å². The molecule has 2 heterocycles. The van der Waals surface area contributed by atoms with E-state index in [1.165, 1.54) is 5.56 Å². The van der Waals surface area contributed by atoms with Crippen LogP contribution in [0.3, 0.4) is 0 Å². The third-order valence-electron chi connectivity index (χ3n) is 5.25. The Labute approximate surface area is 147 Å². The smallest absolute Gasteiger partial charge is 0.227 e. The van der Waals surface area contributed by atoms with E-state index in [9.17, 15) is 4.79 Å². The first-order valence-corrected chi connectivity index (χ1v) is 8.37. The molecule has 25 heavy (non-hydrogen) atoms. The van der Waals surface area contributed by atoms with Crippen molar-refractivity contribution < 1.29 is 19.0 Å². The number of carbonyl (C=O) groups excluding carboxylic acids is 1. The second-order valence-electron chi connectivity index (χ2n) is 6.43. The number of amides is 1. The van der Waals surface area contributed by atoms with Gasteiger partial charge >= 0.3 is 0 Å². The summed E-state index contributed by atoms with van der Waals surface area (Å²) >= 11 is 0. The molecule has 0 spiro atoms. The molecule has 2 aliphatic rings. The summed E-state index contributed by atoms with van der Waals surface area (Å²) in [5.41, 5.74) is 3.33. The van der Waals surface area contributed by atoms with Crippen molar-refractivity contribution in [3.63, 3.8) is 0 Å². The zero-order valence-corrected chi connectivity index (χ0v) is 14.6. The minimum atomic E-state index is 0.105. The van der Waals surface area contributed by atoms with Gasteiger partial charge < -0.3 is 19.1 Å². The Kier molecular flexibility index (Phi) is 3.79. The van der Waals surface area contributed by atoms with E-state index in [4.69, 9.17) is 14.2 Å². The van der Waals surface area contributed by atoms with Crippen molar-refractivity contribution in [3.05, 3.63) is 47.5 Å². The molecule has 2 aliphatic heterocycles. The van der Waals surface area contributed by atoms with Crippen LogP contribution in [0.2, 0.25) is 0 Å². The summed E-state index contributed by atoms with van der Waals surface area (Å²) in [6, 6.07) is 12.2. The standard InChI is InChI=1S/C20H21NO4/c1-23-17-9-13(10-18(24-2)20(17)25-3)14-11-19(22)21-15-7-5-4-6-12(15)8-16(14)21/h4-7,9-10,14,16H,8,11H2,1-3H3/t14-,16+/m0/s1. The summed E-state index contributed by atoms with van der Waals surface area (Å²) < 4.78 is 16.4. The molecule has 2 aromatic carbocycles. The van der Waals surface area contributed by atoms with Gasteiger partial charge in [-0.25, -0.2) is 0 Å². The van der Waals surface area contributed by atoms with Gasteiger partial charge in [-0.2, -0.15) is 0 Å². The van der Waals surface area contributed by atoms with Gasteiger partial charge in [0.05, 0.1) is 21.3 Å². The molecule has 0 unspecified atom stereocenters. The quantitative estimate of drug-likeness (QED) is 0.858. The fourth-order valence-corrected chi connectivity index (χ4v) is 4.13. The fourth-order valence-electron chi connectivity index (χ4n) is 4.13. The topological polar surface area (TPSA) is 48.0 Å². The number of para-hydroxylation sites is 1. The van der Waals surface area contributed by atoms with Crippen LogP contribution in [-0.2, 0) is 11.2 Å². The summed E-state index contributed by atoms with van der Waals surface area (Å²) in [6.45, 7) is 0. The zero-order chi connectivity index (χ0) is 17.6. The summed E-state index contributed by atoms with van der Waals surface area (Å²) in [4.78, 5) is 14.6. The lowest BCUT2D eigenvalue weighted by molar-refractivity contribution is -0.117. The Bertz CT molecular complexity index is 807. The molecule has 0 saturated carbocycles. The van der Waals surface area contributed by atoms with Crippen LogP contribution in [0.25, 0.3) is 0 Å². The molecular formula is C20H21NO4. The largest absolute Gasteiger partial charge is 0.493 e. The molecule has 5 nitrogen and oxygen atoms in total. The molecule has 2 atom stereocenters. The van der Waals surface area contributed by atoms with Gasteiger partial charge in [0.2, 0.25) is 11.7 Å². The number of methoxy groups -OCH3 is 3. The van der Waals surface area contributed by atoms with Crippen LogP contribution in [0.15, 0.2) is 36.4 Å². The maximum atomic E-state index is 12.7. The molecule has 1 amide bonds. The number of anilines is 1. The number of hydrogen-bond acceptors (Lipinski definition) is 4. The lowest BCUT2D eigenvalue weighted by Gasteiger charge is -2.22. The van der Waals surface area contributed by atoms with E-state index in [2.05, 4.69) is 6.07 Å². The predicted octanol–water partition coefficient (Wildman–Crippen LogP) is 3.16. The van der Waals surface area contributed by atoms with Crippen molar-refractivity contribution in [2.45, 2.75) is 24.8 Å². The van der Waals surface area contributed by atoms with Crippen molar-refractivity contribution in [3.8, 4) is 17.2 Å². The van der Waals surface area contributed by atoms with Crippen LogP contribution in [0.5, 0.6) is 17.2 Å². The Morgan fingerprint density at radius 2 is 1.64 bits per heavy atom. The summed E-state index contributed by atoms with van der Waals surface area (Å²) in [5.74, 6) is 2.10. The second-order valence-corrected chi connectivity index (χ2v) is 6.43. The minimum Gasteiger partial charge on any atom is -0.493 e. The van der Waals surface area contributed by atoms with Crippen molar-refractivity contribution in [2.24, 2.45) is 0 Å². The molecule has 2 aromatic rings. The molecule has 1 saturated heterocycles. The molecule has 130 valence electrons. The van der Waals surface area contributed by atoms with Crippen molar-refractivity contribution in [1.82, 2.24) is 0 Å². The fraction of sp³-hybridized carbons (Fsp3) is 0.350. The molecule has 0 N–H and O–H groups in total. The van der Waals surface area contributed by atoms with E-state index in [-0.39, 0.29) is 17.9 Å². The van der Waals surface area contributed by atoms with Crippen LogP contribution >= 0.6 is 0 Å². The van der Waals surface area contributed by atoms with Gasteiger partial charge in [-0.1, -0.05) is 18.2 Å². The average Bonchev–Trinajstić information content (AvgIpc) is 3.18. The molecule has 4 rings (SSSR count). The van der Waals surface area contributed by atoms with E-state index in [0.29, 0.717) is 23.7 Å². The third kappa shape index (κ3) is 2.34. The highest BCUT2D eigenvalue weighted by molar-refractivity contribution is 5.99. The summed E-state index contributed by atoms with van der Waals surface area (Å²) in [6.07, 6.45) is 1.38. The molecule has 0 radical (unpaired) electrons. The Morgan fingerprint density at radius 3 is 2.28 bits per heavy atom. The first kappa shape index (κ1) is 15.8. The highest BCUT2D eigenvalue weighted by Gasteiger charge is 2.46. The van der Waals surface area contributed by atoms with Gasteiger partial charge in [0, 0.05) is 24.1 Å². The number of benzene rings is 2. The van der Waals surface area contributed by atoms with Gasteiger partial charge in [-0.15, -0.1) is 0 Å². The average molecular weight is 339 g/mol. The molecular weight excluding hydrogens is 318 g/mol. The monoisotopic (exact) mass is 339 g/mol. The normalized spacial score (nSPS) is 21.1. The summed E-state index contributed by atoms with van der Waals surface area (Å²) in [7, 11) is 4.81. The van der Waals surface area contributed by atoms with Crippen molar-refractivity contribution >= 4 is 11.6 Å². The van der Waals surface area contributed by atoms with Crippen LogP contribution in [-0.4, -0.2) is 33.3 Å². The van der Waals surface area contributed by atoms with Crippen LogP contribution in [0, 0.1) is 0 Å². The summed E-state index contributed by atoms with van der Waals surface area (Å²) in [5, 5.41) is 0. The van der Waals surface area contributed by atoms with E-state index in [1.807, 2.05) is 35.2 Å². The molecule has 0 aromatic heterocycles. The van der Waals surface area contributed by atoms with Crippen molar-refractivity contribution in [1.29, 1.82) is 0 Å². The number of rotatable bonds is 4. The van der Waals surface area contributed by atoms with E-state index in [1.54, 1.807) is 21.3 Å². The molecule has 1 fully saturated rings. The Morgan fingerprint density at radius 1 is 0.960 bits per heavy atom. The number of carbonyl (C=O) groups is 1. The maximum Gasteiger partial charge on any atom is 0.227 e. The Balaban J connectivity index is 1.76. The minimum absolute atomic E-state index is 0.105. The zero-order valence-electron chi connectivity index (χ0n) is 14.6. The van der Waals surface area contributed by atoms with Gasteiger partial charge in [-0.3, -0.25) is 4.79 Å². The Hall–Kier alpha value is -2.69. The van der Waals surface area contributed by atoms with Gasteiger partial charge in [0.1, 0.15) is 0 Å². The van der Waals surface area contributed by atoms with Crippen LogP contribution < -0.4 is 19.1 Å². The van der Waals surface area contributed by atoms with Gasteiger partial charge in [0.25, 0.3) is 0 Å².